The minimum absolute atomic E-state index is 0.0476. The first-order chi connectivity index (χ1) is 12.2. The molecule has 0 spiro atoms. The first kappa shape index (κ1) is 17.0. The number of hydrogen-bond donors (Lipinski definition) is 1. The van der Waals surface area contributed by atoms with E-state index in [0.717, 1.165) is 38.6 Å². The number of rotatable bonds is 0. The van der Waals surface area contributed by atoms with E-state index in [0.29, 0.717) is 25.0 Å². The quantitative estimate of drug-likeness (QED) is 0.788. The van der Waals surface area contributed by atoms with Crippen molar-refractivity contribution in [3.05, 3.63) is 35.4 Å². The van der Waals surface area contributed by atoms with Crippen molar-refractivity contribution in [2.24, 2.45) is 5.73 Å². The Morgan fingerprint density at radius 3 is 2.68 bits per heavy atom. The van der Waals surface area contributed by atoms with Crippen molar-refractivity contribution in [1.29, 1.82) is 0 Å². The van der Waals surface area contributed by atoms with Gasteiger partial charge in [-0.3, -0.25) is 4.79 Å². The van der Waals surface area contributed by atoms with E-state index < -0.39 is 0 Å². The number of nitrogens with zero attached hydrogens (tertiary/aromatic N) is 1. The fraction of sp³-hybridized carbons (Fsp3) is 0.667. The van der Waals surface area contributed by atoms with Crippen LogP contribution in [0.25, 0.3) is 0 Å². The van der Waals surface area contributed by atoms with Gasteiger partial charge in [-0.05, 0) is 62.0 Å². The molecule has 1 aromatic rings. The zero-order valence-corrected chi connectivity index (χ0v) is 15.0. The highest BCUT2D eigenvalue weighted by Gasteiger charge is 2.34. The van der Waals surface area contributed by atoms with Crippen LogP contribution in [0.1, 0.15) is 62.0 Å². The van der Waals surface area contributed by atoms with Crippen LogP contribution in [-0.4, -0.2) is 42.1 Å². The maximum atomic E-state index is 12.9. The lowest BCUT2D eigenvalue weighted by Crippen LogP contribution is -2.56. The van der Waals surface area contributed by atoms with Crippen LogP contribution in [0.5, 0.6) is 0 Å². The predicted molar refractivity (Wildman–Crippen MR) is 98.4 cm³/mol. The van der Waals surface area contributed by atoms with Crippen LogP contribution >= 0.6 is 0 Å². The largest absolute Gasteiger partial charge is 0.376 e. The average molecular weight is 342 g/mol. The van der Waals surface area contributed by atoms with Crippen molar-refractivity contribution >= 4 is 5.91 Å². The molecule has 2 atom stereocenters. The molecule has 136 valence electrons. The Bertz CT molecular complexity index is 610. The maximum Gasteiger partial charge on any atom is 0.223 e. The molecule has 1 saturated heterocycles. The van der Waals surface area contributed by atoms with E-state index in [1.165, 1.54) is 24.0 Å². The molecule has 2 unspecified atom stereocenters. The molecule has 5 rings (SSSR count). The highest BCUT2D eigenvalue weighted by molar-refractivity contribution is 5.77. The number of ether oxygens (including phenoxy) is 1. The molecule has 4 heteroatoms. The van der Waals surface area contributed by atoms with Crippen LogP contribution < -0.4 is 5.73 Å². The first-order valence-electron chi connectivity index (χ1n) is 9.97. The zero-order chi connectivity index (χ0) is 17.2. The standard InChI is InChI=1S/C21H30N2O2/c22-19-6-3-13-23-20(19)14-25-17-10-7-16(8-11-17)18-5-2-1-4-15(18)9-12-21(23)24/h1-2,4-5,16-17,19-20H,3,6-14,22H2. The lowest BCUT2D eigenvalue weighted by Gasteiger charge is -2.40. The van der Waals surface area contributed by atoms with Gasteiger partial charge in [-0.25, -0.2) is 0 Å². The molecule has 2 N–H and O–H groups in total. The van der Waals surface area contributed by atoms with Crippen LogP contribution in [0.4, 0.5) is 0 Å². The number of benzene rings is 1. The number of amides is 1. The lowest BCUT2D eigenvalue weighted by atomic mass is 9.80. The summed E-state index contributed by atoms with van der Waals surface area (Å²) in [6.07, 6.45) is 8.37. The Hall–Kier alpha value is -1.39. The van der Waals surface area contributed by atoms with E-state index in [2.05, 4.69) is 24.3 Å². The SMILES string of the molecule is NC1CCCN2C(=O)CCc3ccccc3C3CCC(CC3)OCC12. The van der Waals surface area contributed by atoms with Gasteiger partial charge in [-0.1, -0.05) is 24.3 Å². The van der Waals surface area contributed by atoms with Crippen LogP contribution in [0, 0.1) is 0 Å². The fourth-order valence-corrected chi connectivity index (χ4v) is 4.93. The second kappa shape index (κ2) is 7.46. The Labute approximate surface area is 150 Å². The molecule has 4 nitrogen and oxygen atoms in total. The molecule has 3 heterocycles. The van der Waals surface area contributed by atoms with Crippen LogP contribution in [0.2, 0.25) is 0 Å². The van der Waals surface area contributed by atoms with Crippen LogP contribution in [0.15, 0.2) is 24.3 Å². The van der Waals surface area contributed by atoms with E-state index in [9.17, 15) is 4.79 Å². The Morgan fingerprint density at radius 2 is 1.84 bits per heavy atom. The van der Waals surface area contributed by atoms with Crippen molar-refractivity contribution in [2.75, 3.05) is 13.2 Å². The monoisotopic (exact) mass is 342 g/mol. The number of carbonyl (C=O) groups is 1. The minimum atomic E-state index is 0.0476. The molecular weight excluding hydrogens is 312 g/mol. The lowest BCUT2D eigenvalue weighted by molar-refractivity contribution is -0.138. The predicted octanol–water partition coefficient (Wildman–Crippen LogP) is 2.99. The van der Waals surface area contributed by atoms with Crippen LogP contribution in [0.3, 0.4) is 0 Å². The summed E-state index contributed by atoms with van der Waals surface area (Å²) < 4.78 is 6.25. The van der Waals surface area contributed by atoms with Gasteiger partial charge in [0.25, 0.3) is 0 Å². The normalized spacial score (nSPS) is 33.6. The van der Waals surface area contributed by atoms with Gasteiger partial charge in [0.05, 0.1) is 18.8 Å². The molecule has 1 amide bonds. The fourth-order valence-electron chi connectivity index (χ4n) is 4.93. The molecule has 25 heavy (non-hydrogen) atoms. The third-order valence-electron chi connectivity index (χ3n) is 6.43. The van der Waals surface area contributed by atoms with Crippen molar-refractivity contribution in [3.8, 4) is 0 Å². The van der Waals surface area contributed by atoms with E-state index in [-0.39, 0.29) is 18.0 Å². The maximum absolute atomic E-state index is 12.9. The summed E-state index contributed by atoms with van der Waals surface area (Å²) in [5, 5.41) is 0. The van der Waals surface area contributed by atoms with E-state index in [1.54, 1.807) is 0 Å². The van der Waals surface area contributed by atoms with Gasteiger partial charge in [0.1, 0.15) is 0 Å². The van der Waals surface area contributed by atoms with E-state index in [4.69, 9.17) is 10.5 Å². The highest BCUT2D eigenvalue weighted by atomic mass is 16.5. The Kier molecular flexibility index (Phi) is 5.09. The zero-order valence-electron chi connectivity index (χ0n) is 15.0. The first-order valence-corrected chi connectivity index (χ1v) is 9.97. The molecule has 1 saturated carbocycles. The molecule has 2 fully saturated rings. The molecule has 0 aromatic heterocycles. The van der Waals surface area contributed by atoms with Gasteiger partial charge >= 0.3 is 0 Å². The van der Waals surface area contributed by atoms with Crippen molar-refractivity contribution in [1.82, 2.24) is 4.90 Å². The van der Waals surface area contributed by atoms with Gasteiger partial charge in [-0.15, -0.1) is 0 Å². The molecule has 4 aliphatic rings. The van der Waals surface area contributed by atoms with Gasteiger partial charge in [0.2, 0.25) is 5.91 Å². The molecule has 0 radical (unpaired) electrons. The third-order valence-corrected chi connectivity index (χ3v) is 6.43. The van der Waals surface area contributed by atoms with Crippen molar-refractivity contribution < 1.29 is 9.53 Å². The van der Waals surface area contributed by atoms with Crippen molar-refractivity contribution in [3.63, 3.8) is 0 Å². The number of nitrogens with two attached hydrogens (primary N) is 1. The molecule has 3 aliphatic heterocycles. The summed E-state index contributed by atoms with van der Waals surface area (Å²) in [6.45, 7) is 1.44. The topological polar surface area (TPSA) is 55.6 Å². The number of aryl methyl sites for hydroxylation is 1. The Morgan fingerprint density at radius 1 is 1.04 bits per heavy atom. The second-order valence-corrected chi connectivity index (χ2v) is 7.97. The molecular formula is C21H30N2O2. The molecule has 1 aliphatic carbocycles. The number of carbonyl (C=O) groups excluding carboxylic acids is 1. The van der Waals surface area contributed by atoms with E-state index in [1.807, 2.05) is 4.90 Å². The van der Waals surface area contributed by atoms with Gasteiger partial charge in [0.15, 0.2) is 0 Å². The Balaban J connectivity index is 1.61. The summed E-state index contributed by atoms with van der Waals surface area (Å²) in [5.74, 6) is 0.863. The highest BCUT2D eigenvalue weighted by Crippen LogP contribution is 2.36. The summed E-state index contributed by atoms with van der Waals surface area (Å²) in [4.78, 5) is 14.9. The second-order valence-electron chi connectivity index (χ2n) is 7.97. The van der Waals surface area contributed by atoms with Gasteiger partial charge in [0, 0.05) is 19.0 Å². The van der Waals surface area contributed by atoms with Crippen LogP contribution in [-0.2, 0) is 16.0 Å². The average Bonchev–Trinajstić information content (AvgIpc) is 2.66. The summed E-state index contributed by atoms with van der Waals surface area (Å²) in [5.41, 5.74) is 9.18. The summed E-state index contributed by atoms with van der Waals surface area (Å²) in [7, 11) is 0. The minimum Gasteiger partial charge on any atom is -0.376 e. The number of hydrogen-bond acceptors (Lipinski definition) is 3. The molecule has 2 bridgehead atoms. The van der Waals surface area contributed by atoms with Gasteiger partial charge in [-0.2, -0.15) is 0 Å². The smallest absolute Gasteiger partial charge is 0.223 e. The number of fused-ring (bicyclic) bond motifs is 5. The third kappa shape index (κ3) is 3.61. The van der Waals surface area contributed by atoms with Crippen molar-refractivity contribution in [2.45, 2.75) is 75.5 Å². The van der Waals surface area contributed by atoms with E-state index >= 15 is 0 Å². The molecule has 1 aromatic carbocycles. The summed E-state index contributed by atoms with van der Waals surface area (Å²) >= 11 is 0. The summed E-state index contributed by atoms with van der Waals surface area (Å²) in [6, 6.07) is 8.83. The van der Waals surface area contributed by atoms with Gasteiger partial charge < -0.3 is 15.4 Å². The number of piperidine rings is 1.